The highest BCUT2D eigenvalue weighted by atomic mass is 19.1. The Labute approximate surface area is 168 Å². The van der Waals surface area contributed by atoms with Crippen LogP contribution in [0.15, 0.2) is 42.6 Å². The minimum Gasteiger partial charge on any atom is -0.365 e. The van der Waals surface area contributed by atoms with Crippen molar-refractivity contribution in [2.45, 2.75) is 38.8 Å². The van der Waals surface area contributed by atoms with Crippen molar-refractivity contribution in [3.8, 4) is 0 Å². The Balaban J connectivity index is 1.97. The molecule has 3 aromatic rings. The number of nitrogens with one attached hydrogen (secondary N) is 2. The number of pyridine rings is 2. The topological polar surface area (TPSA) is 119 Å². The van der Waals surface area contributed by atoms with E-state index in [2.05, 4.69) is 20.6 Å². The van der Waals surface area contributed by atoms with E-state index in [-0.39, 0.29) is 29.3 Å². The van der Waals surface area contributed by atoms with E-state index in [9.17, 15) is 9.18 Å². The molecule has 8 heteroatoms. The molecule has 152 valence electrons. The fourth-order valence-electron chi connectivity index (χ4n) is 3.14. The van der Waals surface area contributed by atoms with E-state index in [1.807, 2.05) is 38.1 Å². The number of nitrogens with zero attached hydrogens (tertiary/aromatic N) is 2. The lowest BCUT2D eigenvalue weighted by atomic mass is 10.0. The summed E-state index contributed by atoms with van der Waals surface area (Å²) in [6.45, 7) is 3.93. The summed E-state index contributed by atoms with van der Waals surface area (Å²) in [4.78, 5) is 20.4. The number of halogens is 1. The highest BCUT2D eigenvalue weighted by Gasteiger charge is 2.20. The lowest BCUT2D eigenvalue weighted by Crippen LogP contribution is -2.39. The van der Waals surface area contributed by atoms with Gasteiger partial charge in [-0.1, -0.05) is 19.9 Å². The van der Waals surface area contributed by atoms with Gasteiger partial charge in [0.1, 0.15) is 5.82 Å². The number of amides is 1. The normalized spacial score (nSPS) is 13.1. The van der Waals surface area contributed by atoms with Crippen molar-refractivity contribution in [2.24, 2.45) is 11.5 Å². The van der Waals surface area contributed by atoms with Crippen molar-refractivity contribution in [3.05, 3.63) is 54.0 Å². The molecule has 0 unspecified atom stereocenters. The molecule has 2 heterocycles. The van der Waals surface area contributed by atoms with Crippen LogP contribution in [0.1, 0.15) is 37.0 Å². The van der Waals surface area contributed by atoms with E-state index < -0.39 is 11.7 Å². The van der Waals surface area contributed by atoms with Crippen LogP contribution in [-0.2, 0) is 0 Å². The summed E-state index contributed by atoms with van der Waals surface area (Å²) in [5.41, 5.74) is 13.0. The zero-order valence-electron chi connectivity index (χ0n) is 16.4. The molecule has 29 heavy (non-hydrogen) atoms. The number of benzene rings is 1. The van der Waals surface area contributed by atoms with Crippen LogP contribution >= 0.6 is 0 Å². The zero-order chi connectivity index (χ0) is 21.0. The quantitative estimate of drug-likeness (QED) is 0.462. The molecule has 2 aromatic heterocycles. The summed E-state index contributed by atoms with van der Waals surface area (Å²) in [5.74, 6) is -1.24. The molecule has 1 aromatic carbocycles. The smallest absolute Gasteiger partial charge is 0.252 e. The number of rotatable bonds is 8. The lowest BCUT2D eigenvalue weighted by molar-refractivity contribution is 0.100. The minimum absolute atomic E-state index is 0.0238. The predicted octanol–water partition coefficient (Wildman–Crippen LogP) is 3.54. The average molecular weight is 396 g/mol. The summed E-state index contributed by atoms with van der Waals surface area (Å²) in [7, 11) is 0. The summed E-state index contributed by atoms with van der Waals surface area (Å²) < 4.78 is 14.6. The van der Waals surface area contributed by atoms with Crippen molar-refractivity contribution < 1.29 is 9.18 Å². The maximum Gasteiger partial charge on any atom is 0.252 e. The van der Waals surface area contributed by atoms with Crippen LogP contribution in [0.4, 0.5) is 21.7 Å². The fraction of sp³-hybridized carbons (Fsp3) is 0.286. The zero-order valence-corrected chi connectivity index (χ0v) is 16.4. The van der Waals surface area contributed by atoms with Crippen LogP contribution < -0.4 is 22.1 Å². The van der Waals surface area contributed by atoms with Crippen LogP contribution in [0.5, 0.6) is 0 Å². The molecule has 0 spiro atoms. The third-order valence-corrected chi connectivity index (χ3v) is 4.86. The minimum atomic E-state index is -0.773. The van der Waals surface area contributed by atoms with Gasteiger partial charge in [0.2, 0.25) is 0 Å². The van der Waals surface area contributed by atoms with E-state index >= 15 is 0 Å². The second-order valence-corrected chi connectivity index (χ2v) is 6.85. The Morgan fingerprint density at radius 1 is 1.17 bits per heavy atom. The maximum atomic E-state index is 14.6. The first-order valence-electron chi connectivity index (χ1n) is 9.57. The van der Waals surface area contributed by atoms with Gasteiger partial charge in [0, 0.05) is 29.4 Å². The SMILES string of the molecule is CC[C@H](N)[C@@H](CC)Nc1nc(Nc2ccc3ncccc3c2)c(C(N)=O)cc1F. The van der Waals surface area contributed by atoms with Crippen LogP contribution in [0, 0.1) is 5.82 Å². The Kier molecular flexibility index (Phi) is 6.23. The first-order valence-corrected chi connectivity index (χ1v) is 9.57. The summed E-state index contributed by atoms with van der Waals surface area (Å²) >= 11 is 0. The molecule has 0 aliphatic carbocycles. The van der Waals surface area contributed by atoms with Gasteiger partial charge < -0.3 is 22.1 Å². The Morgan fingerprint density at radius 2 is 1.97 bits per heavy atom. The Bertz CT molecular complexity index is 1030. The molecule has 0 aliphatic heterocycles. The summed E-state index contributed by atoms with van der Waals surface area (Å²) in [6.07, 6.45) is 3.15. The van der Waals surface area contributed by atoms with Gasteiger partial charge in [-0.2, -0.15) is 0 Å². The molecule has 0 saturated heterocycles. The van der Waals surface area contributed by atoms with Gasteiger partial charge in [-0.25, -0.2) is 9.37 Å². The van der Waals surface area contributed by atoms with Crippen molar-refractivity contribution in [2.75, 3.05) is 10.6 Å². The third-order valence-electron chi connectivity index (χ3n) is 4.86. The second kappa shape index (κ2) is 8.83. The van der Waals surface area contributed by atoms with Crippen molar-refractivity contribution in [1.29, 1.82) is 0 Å². The van der Waals surface area contributed by atoms with Crippen LogP contribution in [0.2, 0.25) is 0 Å². The van der Waals surface area contributed by atoms with Crippen LogP contribution in [0.3, 0.4) is 0 Å². The number of carbonyl (C=O) groups is 1. The van der Waals surface area contributed by atoms with Gasteiger partial charge in [-0.15, -0.1) is 0 Å². The Hall–Kier alpha value is -3.26. The first kappa shape index (κ1) is 20.5. The van der Waals surface area contributed by atoms with Gasteiger partial charge in [-0.3, -0.25) is 9.78 Å². The average Bonchev–Trinajstić information content (AvgIpc) is 2.72. The molecule has 0 bridgehead atoms. The maximum absolute atomic E-state index is 14.6. The number of anilines is 3. The lowest BCUT2D eigenvalue weighted by Gasteiger charge is -2.24. The van der Waals surface area contributed by atoms with Crippen LogP contribution in [0.25, 0.3) is 10.9 Å². The molecule has 0 saturated carbocycles. The predicted molar refractivity (Wildman–Crippen MR) is 114 cm³/mol. The monoisotopic (exact) mass is 396 g/mol. The molecule has 6 N–H and O–H groups in total. The molecule has 2 atom stereocenters. The van der Waals surface area contributed by atoms with Gasteiger partial charge in [-0.05, 0) is 43.2 Å². The van der Waals surface area contributed by atoms with Gasteiger partial charge in [0.05, 0.1) is 11.1 Å². The molecule has 0 fully saturated rings. The largest absolute Gasteiger partial charge is 0.365 e. The highest BCUT2D eigenvalue weighted by molar-refractivity contribution is 5.99. The number of nitrogens with two attached hydrogens (primary N) is 2. The molecule has 3 rings (SSSR count). The summed E-state index contributed by atoms with van der Waals surface area (Å²) in [5, 5.41) is 7.04. The van der Waals surface area contributed by atoms with Crippen molar-refractivity contribution in [3.63, 3.8) is 0 Å². The second-order valence-electron chi connectivity index (χ2n) is 6.85. The highest BCUT2D eigenvalue weighted by Crippen LogP contribution is 2.26. The Morgan fingerprint density at radius 3 is 2.66 bits per heavy atom. The van der Waals surface area contributed by atoms with E-state index in [4.69, 9.17) is 11.5 Å². The number of primary amides is 1. The van der Waals surface area contributed by atoms with E-state index in [1.165, 1.54) is 0 Å². The number of carbonyl (C=O) groups excluding carboxylic acids is 1. The standard InChI is InChI=1S/C21H25FN6O/c1-3-16(23)17(4-2)27-21-15(22)11-14(19(24)29)20(28-21)26-13-7-8-18-12(10-13)6-5-9-25-18/h5-11,16-17H,3-4,23H2,1-2H3,(H2,24,29)(H2,26,27,28)/t16-,17+/m0/s1. The number of hydrogen-bond donors (Lipinski definition) is 4. The molecular formula is C21H25FN6O. The fourth-order valence-corrected chi connectivity index (χ4v) is 3.14. The number of fused-ring (bicyclic) bond motifs is 1. The number of hydrogen-bond acceptors (Lipinski definition) is 6. The van der Waals surface area contributed by atoms with E-state index in [0.29, 0.717) is 12.1 Å². The van der Waals surface area contributed by atoms with Crippen molar-refractivity contribution in [1.82, 2.24) is 9.97 Å². The molecule has 1 amide bonds. The molecule has 7 nitrogen and oxygen atoms in total. The van der Waals surface area contributed by atoms with E-state index in [1.54, 1.807) is 12.3 Å². The van der Waals surface area contributed by atoms with Crippen LogP contribution in [-0.4, -0.2) is 28.0 Å². The number of aromatic nitrogens is 2. The molecule has 0 radical (unpaired) electrons. The summed E-state index contributed by atoms with van der Waals surface area (Å²) in [6, 6.07) is 10.1. The van der Waals surface area contributed by atoms with Gasteiger partial charge in [0.15, 0.2) is 11.6 Å². The van der Waals surface area contributed by atoms with Gasteiger partial charge >= 0.3 is 0 Å². The van der Waals surface area contributed by atoms with Crippen molar-refractivity contribution >= 4 is 34.1 Å². The molecular weight excluding hydrogens is 371 g/mol. The van der Waals surface area contributed by atoms with Gasteiger partial charge in [0.25, 0.3) is 5.91 Å². The first-order chi connectivity index (χ1) is 13.9. The molecule has 0 aliphatic rings. The third kappa shape index (κ3) is 4.60. The van der Waals surface area contributed by atoms with E-state index in [0.717, 1.165) is 23.4 Å².